The molecule has 0 aliphatic carbocycles. The molecule has 0 aromatic carbocycles. The van der Waals surface area contributed by atoms with E-state index in [9.17, 15) is 0 Å². The predicted octanol–water partition coefficient (Wildman–Crippen LogP) is 3.13. The number of pyridine rings is 1. The molecule has 1 aliphatic heterocycles. The van der Waals surface area contributed by atoms with Crippen LogP contribution in [0.25, 0.3) is 0 Å². The molecule has 3 nitrogen and oxygen atoms in total. The molecule has 1 fully saturated rings. The number of rotatable bonds is 2. The molecule has 94 valence electrons. The molecule has 0 bridgehead atoms. The lowest BCUT2D eigenvalue weighted by atomic mass is 10.1. The highest BCUT2D eigenvalue weighted by molar-refractivity contribution is 5.66. The lowest BCUT2D eigenvalue weighted by Gasteiger charge is -2.31. The first-order valence-electron chi connectivity index (χ1n) is 6.71. The highest BCUT2D eigenvalue weighted by Gasteiger charge is 2.22. The first-order chi connectivity index (χ1) is 8.24. The Morgan fingerprint density at radius 2 is 2.24 bits per heavy atom. The summed E-state index contributed by atoms with van der Waals surface area (Å²) in [5, 5.41) is 0. The fraction of sp³-hybridized carbons (Fsp3) is 0.643. The van der Waals surface area contributed by atoms with Gasteiger partial charge in [0.25, 0.3) is 0 Å². The van der Waals surface area contributed by atoms with Crippen LogP contribution in [0.2, 0.25) is 0 Å². The standard InChI is InChI=1S/C14H23N3/c1-3-12-7-5-4-6-10-17(12)14-13(15)11(2)8-9-16-14/h8-9,12H,3-7,10,15H2,1-2H3. The summed E-state index contributed by atoms with van der Waals surface area (Å²) < 4.78 is 0. The van der Waals surface area contributed by atoms with Gasteiger partial charge in [0, 0.05) is 18.8 Å². The van der Waals surface area contributed by atoms with Crippen molar-refractivity contribution >= 4 is 11.5 Å². The highest BCUT2D eigenvalue weighted by Crippen LogP contribution is 2.29. The summed E-state index contributed by atoms with van der Waals surface area (Å²) in [7, 11) is 0. The van der Waals surface area contributed by atoms with Gasteiger partial charge in [-0.2, -0.15) is 0 Å². The maximum absolute atomic E-state index is 6.18. The highest BCUT2D eigenvalue weighted by atomic mass is 15.2. The molecule has 1 aromatic rings. The fourth-order valence-corrected chi connectivity index (χ4v) is 2.66. The second kappa shape index (κ2) is 5.39. The zero-order valence-electron chi connectivity index (χ0n) is 10.9. The van der Waals surface area contributed by atoms with Gasteiger partial charge in [0.05, 0.1) is 5.69 Å². The third-order valence-corrected chi connectivity index (χ3v) is 3.81. The van der Waals surface area contributed by atoms with E-state index in [1.54, 1.807) is 0 Å². The largest absolute Gasteiger partial charge is 0.396 e. The smallest absolute Gasteiger partial charge is 0.152 e. The average Bonchev–Trinajstić information content (AvgIpc) is 2.57. The van der Waals surface area contributed by atoms with Gasteiger partial charge in [-0.15, -0.1) is 0 Å². The van der Waals surface area contributed by atoms with Gasteiger partial charge in [0.2, 0.25) is 0 Å². The molecule has 2 N–H and O–H groups in total. The van der Waals surface area contributed by atoms with E-state index < -0.39 is 0 Å². The first kappa shape index (κ1) is 12.2. The number of anilines is 2. The van der Waals surface area contributed by atoms with Crippen LogP contribution in [0.3, 0.4) is 0 Å². The third kappa shape index (κ3) is 2.54. The molecule has 2 heterocycles. The van der Waals surface area contributed by atoms with Crippen LogP contribution in [0.5, 0.6) is 0 Å². The van der Waals surface area contributed by atoms with Crippen LogP contribution < -0.4 is 10.6 Å². The third-order valence-electron chi connectivity index (χ3n) is 3.81. The molecule has 0 spiro atoms. The Morgan fingerprint density at radius 3 is 3.00 bits per heavy atom. The minimum absolute atomic E-state index is 0.606. The lowest BCUT2D eigenvalue weighted by Crippen LogP contribution is -2.35. The van der Waals surface area contributed by atoms with Gasteiger partial charge in [-0.1, -0.05) is 19.8 Å². The summed E-state index contributed by atoms with van der Waals surface area (Å²) in [4.78, 5) is 6.93. The van der Waals surface area contributed by atoms with Gasteiger partial charge in [0.15, 0.2) is 5.82 Å². The molecular weight excluding hydrogens is 210 g/mol. The molecule has 1 aromatic heterocycles. The molecule has 0 amide bonds. The van der Waals surface area contributed by atoms with Crippen LogP contribution in [0, 0.1) is 6.92 Å². The van der Waals surface area contributed by atoms with Crippen LogP contribution in [-0.4, -0.2) is 17.6 Å². The monoisotopic (exact) mass is 233 g/mol. The number of aryl methyl sites for hydroxylation is 1. The Kier molecular flexibility index (Phi) is 3.87. The molecule has 17 heavy (non-hydrogen) atoms. The van der Waals surface area contributed by atoms with E-state index >= 15 is 0 Å². The Bertz CT molecular complexity index is 376. The molecular formula is C14H23N3. The quantitative estimate of drug-likeness (QED) is 0.853. The van der Waals surface area contributed by atoms with Crippen molar-refractivity contribution < 1.29 is 0 Å². The molecule has 1 saturated heterocycles. The normalized spacial score (nSPS) is 21.3. The Hall–Kier alpha value is -1.25. The molecule has 3 heteroatoms. The molecule has 1 aliphatic rings. The zero-order valence-corrected chi connectivity index (χ0v) is 10.9. The summed E-state index contributed by atoms with van der Waals surface area (Å²) in [5.74, 6) is 0.999. The van der Waals surface area contributed by atoms with Crippen LogP contribution in [0.15, 0.2) is 12.3 Å². The lowest BCUT2D eigenvalue weighted by molar-refractivity contribution is 0.553. The summed E-state index contributed by atoms with van der Waals surface area (Å²) in [6.45, 7) is 5.41. The van der Waals surface area contributed by atoms with Crippen LogP contribution >= 0.6 is 0 Å². The van der Waals surface area contributed by atoms with E-state index in [-0.39, 0.29) is 0 Å². The van der Waals surface area contributed by atoms with E-state index in [2.05, 4.69) is 23.7 Å². The van der Waals surface area contributed by atoms with Gasteiger partial charge in [-0.25, -0.2) is 4.98 Å². The van der Waals surface area contributed by atoms with E-state index in [4.69, 9.17) is 5.73 Å². The van der Waals surface area contributed by atoms with Gasteiger partial charge >= 0.3 is 0 Å². The van der Waals surface area contributed by atoms with Gasteiger partial charge in [-0.05, 0) is 37.8 Å². The minimum Gasteiger partial charge on any atom is -0.396 e. The van der Waals surface area contributed by atoms with Crippen LogP contribution in [0.4, 0.5) is 11.5 Å². The van der Waals surface area contributed by atoms with Crippen LogP contribution in [-0.2, 0) is 0 Å². The summed E-state index contributed by atoms with van der Waals surface area (Å²) >= 11 is 0. The van der Waals surface area contributed by atoms with Gasteiger partial charge in [0.1, 0.15) is 0 Å². The van der Waals surface area contributed by atoms with Crippen molar-refractivity contribution in [1.29, 1.82) is 0 Å². The molecule has 2 rings (SSSR count). The Labute approximate surface area is 104 Å². The van der Waals surface area contributed by atoms with Crippen molar-refractivity contribution in [2.24, 2.45) is 0 Å². The number of hydrogen-bond donors (Lipinski definition) is 1. The van der Waals surface area contributed by atoms with Crippen molar-refractivity contribution in [2.75, 3.05) is 17.2 Å². The number of nitrogens with zero attached hydrogens (tertiary/aromatic N) is 2. The van der Waals surface area contributed by atoms with Crippen molar-refractivity contribution in [1.82, 2.24) is 4.98 Å². The van der Waals surface area contributed by atoms with Crippen molar-refractivity contribution in [3.8, 4) is 0 Å². The Morgan fingerprint density at radius 1 is 1.41 bits per heavy atom. The second-order valence-electron chi connectivity index (χ2n) is 4.97. The second-order valence-corrected chi connectivity index (χ2v) is 4.97. The molecule has 0 saturated carbocycles. The minimum atomic E-state index is 0.606. The number of aromatic nitrogens is 1. The van der Waals surface area contributed by atoms with Crippen molar-refractivity contribution in [2.45, 2.75) is 52.0 Å². The summed E-state index contributed by atoms with van der Waals surface area (Å²) in [5.41, 5.74) is 8.17. The maximum atomic E-state index is 6.18. The summed E-state index contributed by atoms with van der Waals surface area (Å²) in [6.07, 6.45) is 8.24. The predicted molar refractivity (Wildman–Crippen MR) is 73.3 cm³/mol. The van der Waals surface area contributed by atoms with Gasteiger partial charge < -0.3 is 10.6 Å². The number of hydrogen-bond acceptors (Lipinski definition) is 3. The van der Waals surface area contributed by atoms with Crippen molar-refractivity contribution in [3.63, 3.8) is 0 Å². The van der Waals surface area contributed by atoms with E-state index in [0.717, 1.165) is 23.6 Å². The fourth-order valence-electron chi connectivity index (χ4n) is 2.66. The molecule has 1 unspecified atom stereocenters. The number of nitrogens with two attached hydrogens (primary N) is 1. The zero-order chi connectivity index (χ0) is 12.3. The van der Waals surface area contributed by atoms with Gasteiger partial charge in [-0.3, -0.25) is 0 Å². The molecule has 0 radical (unpaired) electrons. The number of nitrogen functional groups attached to an aromatic ring is 1. The SMILES string of the molecule is CCC1CCCCCN1c1nccc(C)c1N. The first-order valence-corrected chi connectivity index (χ1v) is 6.71. The van der Waals surface area contributed by atoms with Crippen molar-refractivity contribution in [3.05, 3.63) is 17.8 Å². The maximum Gasteiger partial charge on any atom is 0.152 e. The van der Waals surface area contributed by atoms with E-state index in [1.165, 1.54) is 32.1 Å². The summed E-state index contributed by atoms with van der Waals surface area (Å²) in [6, 6.07) is 2.59. The van der Waals surface area contributed by atoms with E-state index in [1.807, 2.05) is 12.3 Å². The van der Waals surface area contributed by atoms with E-state index in [0.29, 0.717) is 6.04 Å². The topological polar surface area (TPSA) is 42.2 Å². The molecule has 1 atom stereocenters. The Balaban J connectivity index is 2.31. The average molecular weight is 233 g/mol. The van der Waals surface area contributed by atoms with Crippen LogP contribution in [0.1, 0.15) is 44.6 Å².